The molecule has 3 aromatic rings. The lowest BCUT2D eigenvalue weighted by Crippen LogP contribution is -2.32. The largest absolute Gasteiger partial charge is 0.324 e. The lowest BCUT2D eigenvalue weighted by molar-refractivity contribution is -0.118. The Bertz CT molecular complexity index is 1020. The normalized spacial score (nSPS) is 12.3. The van der Waals surface area contributed by atoms with E-state index in [1.807, 2.05) is 25.1 Å². The van der Waals surface area contributed by atoms with E-state index in [0.29, 0.717) is 16.8 Å². The molecule has 134 valence electrons. The number of hydrogen-bond acceptors (Lipinski definition) is 3. The molecular formula is C21H23N3O2. The number of carbonyl (C=O) groups excluding carboxylic acids is 1. The standard InChI is InChI=1S/C21H23N3O2/c1-13(2)16-9-10-18(14(3)11-16)23-20(25)15(4)24-12-22-19-8-6-5-7-17(19)21(24)26/h5-13,15H,1-4H3,(H,23,25). The zero-order chi connectivity index (χ0) is 18.8. The highest BCUT2D eigenvalue weighted by Gasteiger charge is 2.18. The number of para-hydroxylation sites is 1. The fourth-order valence-electron chi connectivity index (χ4n) is 2.91. The van der Waals surface area contributed by atoms with Gasteiger partial charge in [0.15, 0.2) is 0 Å². The van der Waals surface area contributed by atoms with E-state index in [-0.39, 0.29) is 11.5 Å². The Labute approximate surface area is 152 Å². The molecule has 0 aliphatic heterocycles. The van der Waals surface area contributed by atoms with E-state index in [9.17, 15) is 9.59 Å². The first kappa shape index (κ1) is 17.9. The summed E-state index contributed by atoms with van der Waals surface area (Å²) in [5.41, 5.74) is 3.39. The Morgan fingerprint density at radius 1 is 1.12 bits per heavy atom. The van der Waals surface area contributed by atoms with Crippen molar-refractivity contribution in [2.24, 2.45) is 0 Å². The Morgan fingerprint density at radius 3 is 2.54 bits per heavy atom. The Morgan fingerprint density at radius 2 is 1.85 bits per heavy atom. The number of fused-ring (bicyclic) bond motifs is 1. The van der Waals surface area contributed by atoms with Crippen molar-refractivity contribution in [2.45, 2.75) is 39.7 Å². The number of benzene rings is 2. The molecule has 1 unspecified atom stereocenters. The Balaban J connectivity index is 1.87. The molecule has 1 N–H and O–H groups in total. The fraction of sp³-hybridized carbons (Fsp3) is 0.286. The summed E-state index contributed by atoms with van der Waals surface area (Å²) in [6.45, 7) is 7.93. The highest BCUT2D eigenvalue weighted by Crippen LogP contribution is 2.22. The molecule has 3 rings (SSSR count). The van der Waals surface area contributed by atoms with Crippen LogP contribution in [0.2, 0.25) is 0 Å². The molecule has 26 heavy (non-hydrogen) atoms. The molecule has 0 saturated carbocycles. The van der Waals surface area contributed by atoms with E-state index in [2.05, 4.69) is 30.2 Å². The first-order chi connectivity index (χ1) is 12.4. The molecule has 0 bridgehead atoms. The zero-order valence-corrected chi connectivity index (χ0v) is 15.5. The number of nitrogens with one attached hydrogen (secondary N) is 1. The maximum Gasteiger partial charge on any atom is 0.261 e. The van der Waals surface area contributed by atoms with Crippen molar-refractivity contribution in [3.05, 3.63) is 70.3 Å². The molecule has 0 aliphatic rings. The summed E-state index contributed by atoms with van der Waals surface area (Å²) >= 11 is 0. The van der Waals surface area contributed by atoms with Crippen molar-refractivity contribution in [3.63, 3.8) is 0 Å². The third kappa shape index (κ3) is 3.38. The minimum Gasteiger partial charge on any atom is -0.324 e. The Hall–Kier alpha value is -2.95. The fourth-order valence-corrected chi connectivity index (χ4v) is 2.91. The van der Waals surface area contributed by atoms with Gasteiger partial charge in [-0.05, 0) is 49.1 Å². The average Bonchev–Trinajstić information content (AvgIpc) is 2.63. The summed E-state index contributed by atoms with van der Waals surface area (Å²) in [4.78, 5) is 29.6. The third-order valence-corrected chi connectivity index (χ3v) is 4.66. The minimum atomic E-state index is -0.663. The molecule has 0 aliphatic carbocycles. The van der Waals surface area contributed by atoms with Gasteiger partial charge in [0.25, 0.3) is 5.56 Å². The highest BCUT2D eigenvalue weighted by molar-refractivity contribution is 5.94. The van der Waals surface area contributed by atoms with Crippen molar-refractivity contribution < 1.29 is 4.79 Å². The number of aryl methyl sites for hydroxylation is 1. The maximum atomic E-state index is 12.7. The van der Waals surface area contributed by atoms with Crippen molar-refractivity contribution in [3.8, 4) is 0 Å². The van der Waals surface area contributed by atoms with Crippen LogP contribution >= 0.6 is 0 Å². The molecule has 1 heterocycles. The van der Waals surface area contributed by atoms with E-state index in [1.165, 1.54) is 16.5 Å². The maximum absolute atomic E-state index is 12.7. The number of rotatable bonds is 4. The summed E-state index contributed by atoms with van der Waals surface area (Å²) in [5, 5.41) is 3.43. The number of nitrogens with zero attached hydrogens (tertiary/aromatic N) is 2. The van der Waals surface area contributed by atoms with Crippen LogP contribution in [-0.2, 0) is 4.79 Å². The molecule has 0 spiro atoms. The lowest BCUT2D eigenvalue weighted by Gasteiger charge is -2.17. The second kappa shape index (κ2) is 7.12. The van der Waals surface area contributed by atoms with Crippen LogP contribution in [0.3, 0.4) is 0 Å². The summed E-state index contributed by atoms with van der Waals surface area (Å²) in [6, 6.07) is 12.5. The molecule has 5 heteroatoms. The predicted molar refractivity (Wildman–Crippen MR) is 105 cm³/mol. The monoisotopic (exact) mass is 349 g/mol. The van der Waals surface area contributed by atoms with Crippen molar-refractivity contribution in [2.75, 3.05) is 5.32 Å². The van der Waals surface area contributed by atoms with Gasteiger partial charge in [-0.15, -0.1) is 0 Å². The van der Waals surface area contributed by atoms with Crippen LogP contribution in [0.1, 0.15) is 43.9 Å². The third-order valence-electron chi connectivity index (χ3n) is 4.66. The highest BCUT2D eigenvalue weighted by atomic mass is 16.2. The number of hydrogen-bond donors (Lipinski definition) is 1. The van der Waals surface area contributed by atoms with Gasteiger partial charge in [-0.2, -0.15) is 0 Å². The van der Waals surface area contributed by atoms with Crippen molar-refractivity contribution in [1.29, 1.82) is 0 Å². The van der Waals surface area contributed by atoms with Crippen LogP contribution in [0.15, 0.2) is 53.6 Å². The Kier molecular flexibility index (Phi) is 4.89. The second-order valence-electron chi connectivity index (χ2n) is 6.87. The molecular weight excluding hydrogens is 326 g/mol. The van der Waals surface area contributed by atoms with Crippen LogP contribution in [0.25, 0.3) is 10.9 Å². The van der Waals surface area contributed by atoms with E-state index in [0.717, 1.165) is 11.3 Å². The van der Waals surface area contributed by atoms with E-state index < -0.39 is 6.04 Å². The van der Waals surface area contributed by atoms with Crippen molar-refractivity contribution in [1.82, 2.24) is 9.55 Å². The van der Waals surface area contributed by atoms with E-state index in [4.69, 9.17) is 0 Å². The quantitative estimate of drug-likeness (QED) is 0.773. The molecule has 0 saturated heterocycles. The summed E-state index contributed by atoms with van der Waals surface area (Å²) in [6.07, 6.45) is 1.43. The van der Waals surface area contributed by atoms with Gasteiger partial charge in [0.05, 0.1) is 17.2 Å². The van der Waals surface area contributed by atoms with Crippen LogP contribution in [0.4, 0.5) is 5.69 Å². The van der Waals surface area contributed by atoms with Gasteiger partial charge in [-0.25, -0.2) is 4.98 Å². The topological polar surface area (TPSA) is 64.0 Å². The van der Waals surface area contributed by atoms with Crippen LogP contribution in [0.5, 0.6) is 0 Å². The van der Waals surface area contributed by atoms with Crippen LogP contribution < -0.4 is 10.9 Å². The summed E-state index contributed by atoms with van der Waals surface area (Å²) in [5.74, 6) is 0.184. The van der Waals surface area contributed by atoms with Crippen LogP contribution in [0, 0.1) is 6.92 Å². The van der Waals surface area contributed by atoms with Gasteiger partial charge in [0.1, 0.15) is 6.04 Å². The molecule has 0 fully saturated rings. The first-order valence-electron chi connectivity index (χ1n) is 8.75. The van der Waals surface area contributed by atoms with Gasteiger partial charge < -0.3 is 5.32 Å². The molecule has 0 radical (unpaired) electrons. The molecule has 5 nitrogen and oxygen atoms in total. The number of aromatic nitrogens is 2. The van der Waals surface area contributed by atoms with E-state index in [1.54, 1.807) is 25.1 Å². The van der Waals surface area contributed by atoms with Crippen LogP contribution in [-0.4, -0.2) is 15.5 Å². The van der Waals surface area contributed by atoms with Gasteiger partial charge in [-0.1, -0.05) is 38.1 Å². The van der Waals surface area contributed by atoms with Crippen molar-refractivity contribution >= 4 is 22.5 Å². The molecule has 1 amide bonds. The zero-order valence-electron chi connectivity index (χ0n) is 15.5. The number of amides is 1. The molecule has 2 aromatic carbocycles. The minimum absolute atomic E-state index is 0.217. The number of anilines is 1. The van der Waals surface area contributed by atoms with Gasteiger partial charge >= 0.3 is 0 Å². The summed E-state index contributed by atoms with van der Waals surface area (Å²) < 4.78 is 1.37. The predicted octanol–water partition coefficient (Wildman–Crippen LogP) is 4.03. The van der Waals surface area contributed by atoms with Gasteiger partial charge in [0.2, 0.25) is 5.91 Å². The number of carbonyl (C=O) groups is 1. The smallest absolute Gasteiger partial charge is 0.261 e. The second-order valence-corrected chi connectivity index (χ2v) is 6.87. The molecule has 1 atom stereocenters. The van der Waals surface area contributed by atoms with Gasteiger partial charge in [0, 0.05) is 5.69 Å². The lowest BCUT2D eigenvalue weighted by atomic mass is 10.0. The summed E-state index contributed by atoms with van der Waals surface area (Å²) in [7, 11) is 0. The molecule has 1 aromatic heterocycles. The first-order valence-corrected chi connectivity index (χ1v) is 8.75. The SMILES string of the molecule is Cc1cc(C(C)C)ccc1NC(=O)C(C)n1cnc2ccccc2c1=O. The van der Waals surface area contributed by atoms with Gasteiger partial charge in [-0.3, -0.25) is 14.2 Å². The average molecular weight is 349 g/mol. The van der Waals surface area contributed by atoms with E-state index >= 15 is 0 Å².